The molecule has 0 saturated carbocycles. The number of aryl methyl sites for hydroxylation is 1. The molecule has 70 valence electrons. The van der Waals surface area contributed by atoms with Crippen molar-refractivity contribution in [2.75, 3.05) is 0 Å². The smallest absolute Gasteiger partial charge is 0.203 e. The molecule has 13 heavy (non-hydrogen) atoms. The van der Waals surface area contributed by atoms with Crippen molar-refractivity contribution in [2.45, 2.75) is 13.5 Å². The van der Waals surface area contributed by atoms with Crippen LogP contribution in [0, 0.1) is 6.92 Å². The third-order valence-electron chi connectivity index (χ3n) is 1.39. The van der Waals surface area contributed by atoms with E-state index in [-0.39, 0.29) is 5.96 Å². The number of rotatable bonds is 2. The molecule has 0 unspecified atom stereocenters. The summed E-state index contributed by atoms with van der Waals surface area (Å²) >= 11 is 0. The summed E-state index contributed by atoms with van der Waals surface area (Å²) in [5.41, 5.74) is 9.17. The lowest BCUT2D eigenvalue weighted by Gasteiger charge is -1.98. The van der Waals surface area contributed by atoms with E-state index >= 15 is 0 Å². The Kier molecular flexibility index (Phi) is 3.15. The van der Waals surface area contributed by atoms with Crippen molar-refractivity contribution >= 4 is 5.96 Å². The van der Waals surface area contributed by atoms with Crippen molar-refractivity contribution in [2.24, 2.45) is 16.6 Å². The summed E-state index contributed by atoms with van der Waals surface area (Å²) in [5, 5.41) is 0. The average molecular weight is 180 g/mol. The quantitative estimate of drug-likeness (QED) is 0.236. The minimum absolute atomic E-state index is 0.183. The largest absolute Gasteiger partial charge is 0.369 e. The van der Waals surface area contributed by atoms with Gasteiger partial charge < -0.3 is 5.73 Å². The Hall–Kier alpha value is -1.69. The van der Waals surface area contributed by atoms with E-state index < -0.39 is 0 Å². The fourth-order valence-electron chi connectivity index (χ4n) is 0.713. The molecule has 0 amide bonds. The Balaban J connectivity index is 2.60. The first-order valence-electron chi connectivity index (χ1n) is 3.76. The average Bonchev–Trinajstić information content (AvgIpc) is 2.16. The van der Waals surface area contributed by atoms with Crippen LogP contribution >= 0.6 is 0 Å². The molecule has 5 N–H and O–H groups in total. The van der Waals surface area contributed by atoms with Crippen LogP contribution in [0.5, 0.6) is 0 Å². The molecule has 0 aliphatic carbocycles. The maximum Gasteiger partial charge on any atom is 0.203 e. The number of guanidine groups is 1. The lowest BCUT2D eigenvalue weighted by molar-refractivity contribution is 0.913. The Morgan fingerprint density at radius 3 is 2.85 bits per heavy atom. The third-order valence-corrected chi connectivity index (χ3v) is 1.39. The lowest BCUT2D eigenvalue weighted by Crippen LogP contribution is -2.37. The molecule has 0 atom stereocenters. The molecule has 0 spiro atoms. The molecule has 6 nitrogen and oxygen atoms in total. The van der Waals surface area contributed by atoms with Gasteiger partial charge in [0.25, 0.3) is 0 Å². The van der Waals surface area contributed by atoms with Crippen LogP contribution in [0.4, 0.5) is 0 Å². The van der Waals surface area contributed by atoms with Crippen LogP contribution in [0.3, 0.4) is 0 Å². The second-order valence-electron chi connectivity index (χ2n) is 2.49. The van der Waals surface area contributed by atoms with E-state index in [2.05, 4.69) is 20.4 Å². The van der Waals surface area contributed by atoms with E-state index in [9.17, 15) is 0 Å². The Labute approximate surface area is 76.1 Å². The molecule has 6 heteroatoms. The monoisotopic (exact) mass is 180 g/mol. The zero-order valence-electron chi connectivity index (χ0n) is 7.36. The molecule has 0 fully saturated rings. The molecule has 0 radical (unpaired) electrons. The van der Waals surface area contributed by atoms with Gasteiger partial charge in [0.05, 0.1) is 24.1 Å². The summed E-state index contributed by atoms with van der Waals surface area (Å²) in [6.45, 7) is 2.25. The van der Waals surface area contributed by atoms with Gasteiger partial charge >= 0.3 is 0 Å². The predicted molar refractivity (Wildman–Crippen MR) is 49.4 cm³/mol. The second kappa shape index (κ2) is 4.36. The SMILES string of the molecule is Cc1cnc(CN=C(N)NN)cn1. The van der Waals surface area contributed by atoms with Gasteiger partial charge in [0.15, 0.2) is 0 Å². The van der Waals surface area contributed by atoms with Gasteiger partial charge in [-0.05, 0) is 6.92 Å². The first-order valence-corrected chi connectivity index (χ1v) is 3.76. The van der Waals surface area contributed by atoms with Crippen LogP contribution in [0.15, 0.2) is 17.4 Å². The van der Waals surface area contributed by atoms with Crippen LogP contribution in [-0.2, 0) is 6.54 Å². The summed E-state index contributed by atoms with van der Waals surface area (Å²) in [5.74, 6) is 5.20. The summed E-state index contributed by atoms with van der Waals surface area (Å²) in [7, 11) is 0. The van der Waals surface area contributed by atoms with Crippen molar-refractivity contribution in [3.63, 3.8) is 0 Å². The zero-order chi connectivity index (χ0) is 9.68. The molecule has 1 rings (SSSR count). The highest BCUT2D eigenvalue weighted by Crippen LogP contribution is 1.95. The number of hydrazine groups is 1. The van der Waals surface area contributed by atoms with Gasteiger partial charge in [0.1, 0.15) is 0 Å². The van der Waals surface area contributed by atoms with Gasteiger partial charge in [-0.3, -0.25) is 15.4 Å². The number of aliphatic imine (C=N–C) groups is 1. The van der Waals surface area contributed by atoms with Crippen LogP contribution in [0.2, 0.25) is 0 Å². The number of hydrogen-bond acceptors (Lipinski definition) is 4. The molecule has 0 saturated heterocycles. The predicted octanol–water partition coefficient (Wildman–Crippen LogP) is -0.937. The summed E-state index contributed by atoms with van der Waals surface area (Å²) in [4.78, 5) is 12.0. The van der Waals surface area contributed by atoms with Crippen LogP contribution in [-0.4, -0.2) is 15.9 Å². The molecule has 1 heterocycles. The lowest BCUT2D eigenvalue weighted by atomic mass is 10.4. The van der Waals surface area contributed by atoms with Crippen LogP contribution in [0.1, 0.15) is 11.4 Å². The van der Waals surface area contributed by atoms with Gasteiger partial charge in [-0.25, -0.2) is 10.8 Å². The molecule has 0 bridgehead atoms. The van der Waals surface area contributed by atoms with E-state index in [0.29, 0.717) is 6.54 Å². The number of nitrogens with one attached hydrogen (secondary N) is 1. The minimum atomic E-state index is 0.183. The van der Waals surface area contributed by atoms with Gasteiger partial charge in [-0.1, -0.05) is 0 Å². The number of hydrogen-bond donors (Lipinski definition) is 3. The first-order chi connectivity index (χ1) is 6.22. The van der Waals surface area contributed by atoms with Crippen molar-refractivity contribution < 1.29 is 0 Å². The summed E-state index contributed by atoms with van der Waals surface area (Å²) in [6.07, 6.45) is 3.33. The van der Waals surface area contributed by atoms with Crippen molar-refractivity contribution in [1.29, 1.82) is 0 Å². The molecule has 1 aromatic rings. The molecule has 0 aromatic carbocycles. The fourth-order valence-corrected chi connectivity index (χ4v) is 0.713. The topological polar surface area (TPSA) is 102 Å². The summed E-state index contributed by atoms with van der Waals surface area (Å²) in [6, 6.07) is 0. The Morgan fingerprint density at radius 2 is 2.31 bits per heavy atom. The molecule has 1 aromatic heterocycles. The normalized spacial score (nSPS) is 11.4. The molecular weight excluding hydrogens is 168 g/mol. The fraction of sp³-hybridized carbons (Fsp3) is 0.286. The number of nitrogens with zero attached hydrogens (tertiary/aromatic N) is 3. The van der Waals surface area contributed by atoms with Crippen molar-refractivity contribution in [3.05, 3.63) is 23.8 Å². The number of nitrogens with two attached hydrogens (primary N) is 2. The summed E-state index contributed by atoms with van der Waals surface area (Å²) < 4.78 is 0. The van der Waals surface area contributed by atoms with E-state index in [0.717, 1.165) is 11.4 Å². The standard InChI is InChI=1S/C7H12N6/c1-5-2-11-6(3-10-5)4-12-7(8)13-9/h2-3H,4,9H2,1H3,(H3,8,12,13). The third kappa shape index (κ3) is 3.04. The van der Waals surface area contributed by atoms with Gasteiger partial charge in [0, 0.05) is 6.20 Å². The maximum absolute atomic E-state index is 5.32. The van der Waals surface area contributed by atoms with Gasteiger partial charge in [0.2, 0.25) is 5.96 Å². The van der Waals surface area contributed by atoms with E-state index in [1.54, 1.807) is 12.4 Å². The molecular formula is C7H12N6. The zero-order valence-corrected chi connectivity index (χ0v) is 7.36. The number of aromatic nitrogens is 2. The Morgan fingerprint density at radius 1 is 1.54 bits per heavy atom. The van der Waals surface area contributed by atoms with Crippen molar-refractivity contribution in [1.82, 2.24) is 15.4 Å². The molecule has 0 aliphatic rings. The van der Waals surface area contributed by atoms with E-state index in [4.69, 9.17) is 11.6 Å². The Bertz CT molecular complexity index is 290. The highest BCUT2D eigenvalue weighted by atomic mass is 15.3. The highest BCUT2D eigenvalue weighted by molar-refractivity contribution is 5.76. The highest BCUT2D eigenvalue weighted by Gasteiger charge is 1.93. The second-order valence-corrected chi connectivity index (χ2v) is 2.49. The first kappa shape index (κ1) is 9.40. The van der Waals surface area contributed by atoms with E-state index in [1.807, 2.05) is 6.92 Å². The van der Waals surface area contributed by atoms with E-state index in [1.165, 1.54) is 0 Å². The minimum Gasteiger partial charge on any atom is -0.369 e. The van der Waals surface area contributed by atoms with Gasteiger partial charge in [-0.15, -0.1) is 0 Å². The molecule has 0 aliphatic heterocycles. The van der Waals surface area contributed by atoms with Crippen molar-refractivity contribution in [3.8, 4) is 0 Å². The van der Waals surface area contributed by atoms with Gasteiger partial charge in [-0.2, -0.15) is 0 Å². The van der Waals surface area contributed by atoms with Crippen LogP contribution in [0.25, 0.3) is 0 Å². The maximum atomic E-state index is 5.32. The van der Waals surface area contributed by atoms with Crippen LogP contribution < -0.4 is 17.0 Å².